The molecular weight excluding hydrogens is 405 g/mol. The number of likely N-dealkylation sites (tertiary alicyclic amines) is 1. The van der Waals surface area contributed by atoms with Gasteiger partial charge in [-0.3, -0.25) is 14.6 Å². The molecular formula is C26H22FN3O2. The molecule has 0 unspecified atom stereocenters. The number of pyridine rings is 2. The molecule has 5 rings (SSSR count). The number of carbonyl (C=O) groups is 1. The third-order valence-corrected chi connectivity index (χ3v) is 6.22. The van der Waals surface area contributed by atoms with Crippen molar-refractivity contribution >= 4 is 16.7 Å². The Morgan fingerprint density at radius 3 is 2.56 bits per heavy atom. The number of aromatic nitrogens is 2. The number of benzene rings is 2. The smallest absolute Gasteiger partial charge is 0.254 e. The number of piperidine rings is 1. The van der Waals surface area contributed by atoms with Gasteiger partial charge in [-0.15, -0.1) is 0 Å². The minimum atomic E-state index is -0.394. The van der Waals surface area contributed by atoms with Crippen LogP contribution >= 0.6 is 0 Å². The van der Waals surface area contributed by atoms with Crippen molar-refractivity contribution in [3.63, 3.8) is 0 Å². The summed E-state index contributed by atoms with van der Waals surface area (Å²) in [4.78, 5) is 33.5. The summed E-state index contributed by atoms with van der Waals surface area (Å²) in [7, 11) is 0. The number of H-pyrrole nitrogens is 1. The van der Waals surface area contributed by atoms with Crippen molar-refractivity contribution in [2.24, 2.45) is 0 Å². The van der Waals surface area contributed by atoms with Crippen LogP contribution < -0.4 is 5.56 Å². The van der Waals surface area contributed by atoms with Crippen molar-refractivity contribution < 1.29 is 9.18 Å². The number of amides is 1. The lowest BCUT2D eigenvalue weighted by atomic mass is 9.89. The van der Waals surface area contributed by atoms with E-state index in [0.29, 0.717) is 24.2 Å². The monoisotopic (exact) mass is 427 g/mol. The predicted molar refractivity (Wildman–Crippen MR) is 122 cm³/mol. The number of nitrogens with zero attached hydrogens (tertiary/aromatic N) is 2. The molecule has 3 heterocycles. The molecule has 1 amide bonds. The van der Waals surface area contributed by atoms with E-state index in [-0.39, 0.29) is 17.4 Å². The summed E-state index contributed by atoms with van der Waals surface area (Å²) in [6.45, 7) is 1.28. The number of fused-ring (bicyclic) bond motifs is 1. The zero-order chi connectivity index (χ0) is 22.1. The van der Waals surface area contributed by atoms with Crippen molar-refractivity contribution in [3.05, 3.63) is 100 Å². The van der Waals surface area contributed by atoms with Gasteiger partial charge in [-0.2, -0.15) is 0 Å². The third kappa shape index (κ3) is 3.80. The summed E-state index contributed by atoms with van der Waals surface area (Å²) in [5.74, 6) is -0.120. The van der Waals surface area contributed by atoms with Crippen LogP contribution in [0.4, 0.5) is 4.39 Å². The van der Waals surface area contributed by atoms with Gasteiger partial charge in [0.2, 0.25) is 5.56 Å². The van der Waals surface area contributed by atoms with Gasteiger partial charge in [0.25, 0.3) is 5.91 Å². The first-order chi connectivity index (χ1) is 15.6. The first-order valence-corrected chi connectivity index (χ1v) is 10.7. The Morgan fingerprint density at radius 2 is 1.78 bits per heavy atom. The number of halogens is 1. The van der Waals surface area contributed by atoms with Crippen LogP contribution in [0.25, 0.3) is 21.9 Å². The minimum Gasteiger partial charge on any atom is -0.339 e. The van der Waals surface area contributed by atoms with E-state index in [9.17, 15) is 14.0 Å². The summed E-state index contributed by atoms with van der Waals surface area (Å²) in [5, 5.41) is 1.74. The highest BCUT2D eigenvalue weighted by molar-refractivity contribution is 6.10. The van der Waals surface area contributed by atoms with Crippen LogP contribution in [0.1, 0.15) is 34.7 Å². The Kier molecular flexibility index (Phi) is 5.27. The number of hydrogen-bond donors (Lipinski definition) is 1. The van der Waals surface area contributed by atoms with Gasteiger partial charge in [0, 0.05) is 42.7 Å². The van der Waals surface area contributed by atoms with Crippen molar-refractivity contribution in [1.82, 2.24) is 14.9 Å². The molecule has 1 N–H and O–H groups in total. The molecule has 0 saturated carbocycles. The van der Waals surface area contributed by atoms with Gasteiger partial charge >= 0.3 is 0 Å². The summed E-state index contributed by atoms with van der Waals surface area (Å²) < 4.78 is 13.7. The molecule has 2 aromatic heterocycles. The molecule has 4 aromatic rings. The molecule has 0 radical (unpaired) electrons. The van der Waals surface area contributed by atoms with Crippen LogP contribution in [-0.2, 0) is 0 Å². The van der Waals surface area contributed by atoms with E-state index in [1.165, 1.54) is 12.3 Å². The van der Waals surface area contributed by atoms with E-state index >= 15 is 0 Å². The highest BCUT2D eigenvalue weighted by Crippen LogP contribution is 2.32. The molecule has 1 saturated heterocycles. The van der Waals surface area contributed by atoms with E-state index in [4.69, 9.17) is 0 Å². The van der Waals surface area contributed by atoms with Crippen LogP contribution in [-0.4, -0.2) is 33.9 Å². The topological polar surface area (TPSA) is 66.1 Å². The van der Waals surface area contributed by atoms with Crippen LogP contribution in [0.2, 0.25) is 0 Å². The maximum atomic E-state index is 13.7. The molecule has 1 fully saturated rings. The zero-order valence-corrected chi connectivity index (χ0v) is 17.4. The second-order valence-corrected chi connectivity index (χ2v) is 8.15. The Balaban J connectivity index is 1.42. The van der Waals surface area contributed by atoms with E-state index in [2.05, 4.69) is 9.97 Å². The lowest BCUT2D eigenvalue weighted by Gasteiger charge is -2.32. The fraction of sp³-hybridized carbons (Fsp3) is 0.192. The first kappa shape index (κ1) is 20.1. The lowest BCUT2D eigenvalue weighted by molar-refractivity contribution is 0.0715. The average Bonchev–Trinajstić information content (AvgIpc) is 2.83. The third-order valence-electron chi connectivity index (χ3n) is 6.22. The molecule has 0 bridgehead atoms. The normalized spacial score (nSPS) is 14.6. The van der Waals surface area contributed by atoms with Gasteiger partial charge in [-0.05, 0) is 58.9 Å². The van der Waals surface area contributed by atoms with Crippen molar-refractivity contribution in [1.29, 1.82) is 0 Å². The molecule has 0 aliphatic carbocycles. The highest BCUT2D eigenvalue weighted by Gasteiger charge is 2.26. The predicted octanol–water partition coefficient (Wildman–Crippen LogP) is 4.75. The Morgan fingerprint density at radius 1 is 1.00 bits per heavy atom. The average molecular weight is 427 g/mol. The van der Waals surface area contributed by atoms with Crippen molar-refractivity contribution in [2.45, 2.75) is 18.8 Å². The van der Waals surface area contributed by atoms with Gasteiger partial charge < -0.3 is 9.88 Å². The van der Waals surface area contributed by atoms with Crippen molar-refractivity contribution in [3.8, 4) is 11.1 Å². The molecule has 1 aliphatic rings. The van der Waals surface area contributed by atoms with Crippen LogP contribution in [0, 0.1) is 5.82 Å². The van der Waals surface area contributed by atoms with E-state index in [0.717, 1.165) is 34.7 Å². The van der Waals surface area contributed by atoms with E-state index in [1.807, 2.05) is 47.4 Å². The Bertz CT molecular complexity index is 1360. The SMILES string of the molecule is O=C(c1cccc2c(-c3cncc(F)c3)cccc12)N1CCC(c2cc[nH]c(=O)c2)CC1. The van der Waals surface area contributed by atoms with E-state index < -0.39 is 5.82 Å². The van der Waals surface area contributed by atoms with Gasteiger partial charge in [0.15, 0.2) is 0 Å². The fourth-order valence-electron chi connectivity index (χ4n) is 4.61. The minimum absolute atomic E-state index is 0.00511. The quantitative estimate of drug-likeness (QED) is 0.513. The summed E-state index contributed by atoms with van der Waals surface area (Å²) in [5.41, 5.74) is 3.10. The molecule has 2 aromatic carbocycles. The molecule has 0 spiro atoms. The first-order valence-electron chi connectivity index (χ1n) is 10.7. The molecule has 5 nitrogen and oxygen atoms in total. The molecule has 1 aliphatic heterocycles. The maximum Gasteiger partial charge on any atom is 0.254 e. The number of aromatic amines is 1. The Hall–Kier alpha value is -3.80. The van der Waals surface area contributed by atoms with Gasteiger partial charge in [-0.25, -0.2) is 4.39 Å². The Labute approximate surface area is 184 Å². The zero-order valence-electron chi connectivity index (χ0n) is 17.4. The van der Waals surface area contributed by atoms with Crippen LogP contribution in [0.3, 0.4) is 0 Å². The maximum absolute atomic E-state index is 13.7. The van der Waals surface area contributed by atoms with Crippen LogP contribution in [0.15, 0.2) is 78.0 Å². The van der Waals surface area contributed by atoms with Gasteiger partial charge in [-0.1, -0.05) is 30.3 Å². The largest absolute Gasteiger partial charge is 0.339 e. The number of nitrogens with one attached hydrogen (secondary N) is 1. The van der Waals surface area contributed by atoms with Crippen molar-refractivity contribution in [2.75, 3.05) is 13.1 Å². The summed E-state index contributed by atoms with van der Waals surface area (Å²) in [6.07, 6.45) is 6.13. The number of hydrogen-bond acceptors (Lipinski definition) is 3. The molecule has 160 valence electrons. The second kappa shape index (κ2) is 8.38. The molecule has 6 heteroatoms. The van der Waals surface area contributed by atoms with Crippen LogP contribution in [0.5, 0.6) is 0 Å². The van der Waals surface area contributed by atoms with Gasteiger partial charge in [0.1, 0.15) is 5.82 Å². The number of rotatable bonds is 3. The number of carbonyl (C=O) groups excluding carboxylic acids is 1. The van der Waals surface area contributed by atoms with Gasteiger partial charge in [0.05, 0.1) is 6.20 Å². The highest BCUT2D eigenvalue weighted by atomic mass is 19.1. The summed E-state index contributed by atoms with van der Waals surface area (Å²) in [6, 6.07) is 16.4. The lowest BCUT2D eigenvalue weighted by Crippen LogP contribution is -2.38. The molecule has 32 heavy (non-hydrogen) atoms. The summed E-state index contributed by atoms with van der Waals surface area (Å²) >= 11 is 0. The second-order valence-electron chi connectivity index (χ2n) is 8.15. The van der Waals surface area contributed by atoms with E-state index in [1.54, 1.807) is 18.5 Å². The standard InChI is InChI=1S/C26H22FN3O2/c27-20-13-19(15-28-16-20)21-3-1-5-23-22(21)4-2-6-24(23)26(32)30-11-8-17(9-12-30)18-7-10-29-25(31)14-18/h1-7,10,13-17H,8-9,11-12H2,(H,29,31). The fourth-order valence-corrected chi connectivity index (χ4v) is 4.61. The molecule has 0 atom stereocenters.